The molecule has 0 heterocycles. The number of para-hydroxylation sites is 1. The quantitative estimate of drug-likeness (QED) is 0.886. The molecule has 1 atom stereocenters. The van der Waals surface area contributed by atoms with Crippen molar-refractivity contribution in [2.45, 2.75) is 50.9 Å². The molecule has 0 aliphatic heterocycles. The molecular formula is C16H22F3NO. The number of ether oxygens (including phenoxy) is 1. The summed E-state index contributed by atoms with van der Waals surface area (Å²) in [5, 5.41) is 3.43. The predicted molar refractivity (Wildman–Crippen MR) is 76.3 cm³/mol. The van der Waals surface area contributed by atoms with Gasteiger partial charge < -0.3 is 10.1 Å². The van der Waals surface area contributed by atoms with E-state index in [2.05, 4.69) is 5.32 Å². The number of nitrogens with one attached hydrogen (secondary N) is 1. The fraction of sp³-hybridized carbons (Fsp3) is 0.625. The molecule has 0 bridgehead atoms. The topological polar surface area (TPSA) is 21.3 Å². The molecule has 1 aromatic rings. The van der Waals surface area contributed by atoms with Gasteiger partial charge in [-0.15, -0.1) is 0 Å². The number of rotatable bonds is 4. The van der Waals surface area contributed by atoms with Crippen LogP contribution in [-0.2, 0) is 0 Å². The van der Waals surface area contributed by atoms with E-state index < -0.39 is 12.1 Å². The van der Waals surface area contributed by atoms with Crippen LogP contribution in [0.15, 0.2) is 24.3 Å². The summed E-state index contributed by atoms with van der Waals surface area (Å²) in [6.07, 6.45) is -2.45. The Morgan fingerprint density at radius 3 is 2.33 bits per heavy atom. The Hall–Kier alpha value is -1.23. The Kier molecular flexibility index (Phi) is 5.14. The fourth-order valence-corrected chi connectivity index (χ4v) is 3.05. The molecule has 0 radical (unpaired) electrons. The van der Waals surface area contributed by atoms with Gasteiger partial charge in [0.2, 0.25) is 0 Å². The highest BCUT2D eigenvalue weighted by atomic mass is 19.4. The van der Waals surface area contributed by atoms with Gasteiger partial charge in [-0.1, -0.05) is 18.2 Å². The second kappa shape index (κ2) is 6.69. The summed E-state index contributed by atoms with van der Waals surface area (Å²) in [5.41, 5.74) is 1.04. The van der Waals surface area contributed by atoms with E-state index in [4.69, 9.17) is 4.74 Å². The van der Waals surface area contributed by atoms with E-state index in [0.717, 1.165) is 11.3 Å². The number of benzene rings is 1. The standard InChI is InChI=1S/C16H22F3NO/c1-11(14-5-3-4-6-15(14)21-2)20-13-9-7-12(8-10-13)16(17,18)19/h3-6,11-13,20H,7-10H2,1-2H3. The van der Waals surface area contributed by atoms with Crippen LogP contribution in [0.2, 0.25) is 0 Å². The Balaban J connectivity index is 1.91. The molecule has 1 aromatic carbocycles. The second-order valence-electron chi connectivity index (χ2n) is 5.72. The molecule has 0 saturated heterocycles. The molecular weight excluding hydrogens is 279 g/mol. The SMILES string of the molecule is COc1ccccc1C(C)NC1CCC(C(F)(F)F)CC1. The van der Waals surface area contributed by atoms with Gasteiger partial charge in [0.05, 0.1) is 13.0 Å². The number of hydrogen-bond donors (Lipinski definition) is 1. The monoisotopic (exact) mass is 301 g/mol. The van der Waals surface area contributed by atoms with Crippen LogP contribution in [0.5, 0.6) is 5.75 Å². The van der Waals surface area contributed by atoms with Gasteiger partial charge in [-0.25, -0.2) is 0 Å². The average Bonchev–Trinajstić information content (AvgIpc) is 2.46. The maximum Gasteiger partial charge on any atom is 0.391 e. The third-order valence-corrected chi connectivity index (χ3v) is 4.28. The highest BCUT2D eigenvalue weighted by Gasteiger charge is 2.41. The second-order valence-corrected chi connectivity index (χ2v) is 5.72. The van der Waals surface area contributed by atoms with Crippen LogP contribution in [0.4, 0.5) is 13.2 Å². The zero-order chi connectivity index (χ0) is 15.5. The molecule has 1 unspecified atom stereocenters. The zero-order valence-corrected chi connectivity index (χ0v) is 12.4. The van der Waals surface area contributed by atoms with Crippen LogP contribution in [0.25, 0.3) is 0 Å². The van der Waals surface area contributed by atoms with Crippen LogP contribution in [0.3, 0.4) is 0 Å². The molecule has 1 aliphatic carbocycles. The first-order valence-electron chi connectivity index (χ1n) is 7.37. The molecule has 0 aromatic heterocycles. The molecule has 0 spiro atoms. The molecule has 118 valence electrons. The minimum absolute atomic E-state index is 0.0635. The van der Waals surface area contributed by atoms with Crippen LogP contribution in [-0.4, -0.2) is 19.3 Å². The molecule has 2 nitrogen and oxygen atoms in total. The van der Waals surface area contributed by atoms with Gasteiger partial charge in [0.15, 0.2) is 0 Å². The summed E-state index contributed by atoms with van der Waals surface area (Å²) in [7, 11) is 1.63. The Bertz CT molecular complexity index is 453. The van der Waals surface area contributed by atoms with Gasteiger partial charge >= 0.3 is 6.18 Å². The van der Waals surface area contributed by atoms with Crippen molar-refractivity contribution < 1.29 is 17.9 Å². The maximum atomic E-state index is 12.7. The maximum absolute atomic E-state index is 12.7. The molecule has 1 fully saturated rings. The van der Waals surface area contributed by atoms with Gasteiger partial charge in [0.1, 0.15) is 5.75 Å². The molecule has 1 N–H and O–H groups in total. The van der Waals surface area contributed by atoms with Crippen molar-refractivity contribution in [3.63, 3.8) is 0 Å². The van der Waals surface area contributed by atoms with Crippen LogP contribution >= 0.6 is 0 Å². The smallest absolute Gasteiger partial charge is 0.391 e. The van der Waals surface area contributed by atoms with Gasteiger partial charge in [0.25, 0.3) is 0 Å². The van der Waals surface area contributed by atoms with Gasteiger partial charge in [-0.05, 0) is 38.7 Å². The van der Waals surface area contributed by atoms with E-state index in [0.29, 0.717) is 12.8 Å². The van der Waals surface area contributed by atoms with E-state index in [9.17, 15) is 13.2 Å². The zero-order valence-electron chi connectivity index (χ0n) is 12.4. The molecule has 5 heteroatoms. The summed E-state index contributed by atoms with van der Waals surface area (Å²) in [4.78, 5) is 0. The Morgan fingerprint density at radius 1 is 1.14 bits per heavy atom. The Morgan fingerprint density at radius 2 is 1.76 bits per heavy atom. The fourth-order valence-electron chi connectivity index (χ4n) is 3.05. The molecule has 21 heavy (non-hydrogen) atoms. The normalized spacial score (nSPS) is 24.6. The number of methoxy groups -OCH3 is 1. The van der Waals surface area contributed by atoms with Crippen molar-refractivity contribution >= 4 is 0 Å². The minimum Gasteiger partial charge on any atom is -0.496 e. The van der Waals surface area contributed by atoms with Crippen molar-refractivity contribution in [3.05, 3.63) is 29.8 Å². The largest absolute Gasteiger partial charge is 0.496 e. The lowest BCUT2D eigenvalue weighted by molar-refractivity contribution is -0.182. The lowest BCUT2D eigenvalue weighted by Gasteiger charge is -2.32. The molecule has 1 aliphatic rings. The first-order chi connectivity index (χ1) is 9.91. The van der Waals surface area contributed by atoms with E-state index in [1.54, 1.807) is 7.11 Å². The van der Waals surface area contributed by atoms with E-state index >= 15 is 0 Å². The highest BCUT2D eigenvalue weighted by Crippen LogP contribution is 2.38. The predicted octanol–water partition coefficient (Wildman–Crippen LogP) is 4.47. The molecule has 0 amide bonds. The van der Waals surface area contributed by atoms with Crippen LogP contribution in [0.1, 0.15) is 44.2 Å². The van der Waals surface area contributed by atoms with E-state index in [-0.39, 0.29) is 24.9 Å². The lowest BCUT2D eigenvalue weighted by atomic mass is 9.85. The molecule has 2 rings (SSSR count). The molecule has 1 saturated carbocycles. The van der Waals surface area contributed by atoms with E-state index in [1.807, 2.05) is 31.2 Å². The van der Waals surface area contributed by atoms with Gasteiger partial charge in [-0.3, -0.25) is 0 Å². The van der Waals surface area contributed by atoms with Crippen molar-refractivity contribution in [3.8, 4) is 5.75 Å². The van der Waals surface area contributed by atoms with Crippen LogP contribution in [0, 0.1) is 5.92 Å². The Labute approximate surface area is 123 Å². The van der Waals surface area contributed by atoms with Crippen molar-refractivity contribution in [2.75, 3.05) is 7.11 Å². The van der Waals surface area contributed by atoms with E-state index in [1.165, 1.54) is 0 Å². The van der Waals surface area contributed by atoms with Gasteiger partial charge in [0, 0.05) is 17.6 Å². The number of hydrogen-bond acceptors (Lipinski definition) is 2. The summed E-state index contributed by atoms with van der Waals surface area (Å²) < 4.78 is 43.3. The first-order valence-corrected chi connectivity index (χ1v) is 7.37. The number of halogens is 3. The van der Waals surface area contributed by atoms with Crippen molar-refractivity contribution in [1.82, 2.24) is 5.32 Å². The summed E-state index contributed by atoms with van der Waals surface area (Å²) in [5.74, 6) is -0.321. The van der Waals surface area contributed by atoms with Crippen molar-refractivity contribution in [2.24, 2.45) is 5.92 Å². The minimum atomic E-state index is -4.04. The lowest BCUT2D eigenvalue weighted by Crippen LogP contribution is -2.38. The van der Waals surface area contributed by atoms with Crippen molar-refractivity contribution in [1.29, 1.82) is 0 Å². The third-order valence-electron chi connectivity index (χ3n) is 4.28. The summed E-state index contributed by atoms with van der Waals surface area (Å²) in [6.45, 7) is 2.02. The van der Waals surface area contributed by atoms with Gasteiger partial charge in [-0.2, -0.15) is 13.2 Å². The first kappa shape index (κ1) is 16.1. The third kappa shape index (κ3) is 4.13. The summed E-state index contributed by atoms with van der Waals surface area (Å²) >= 11 is 0. The highest BCUT2D eigenvalue weighted by molar-refractivity contribution is 5.35. The number of alkyl halides is 3. The average molecular weight is 301 g/mol. The summed E-state index contributed by atoms with van der Waals surface area (Å²) in [6, 6.07) is 7.93. The van der Waals surface area contributed by atoms with Crippen LogP contribution < -0.4 is 10.1 Å².